The van der Waals surface area contributed by atoms with Crippen molar-refractivity contribution < 1.29 is 67.3 Å². The topological polar surface area (TPSA) is 245 Å². The van der Waals surface area contributed by atoms with Crippen molar-refractivity contribution in [3.8, 4) is 0 Å². The maximum absolute atomic E-state index is 14.3. The van der Waals surface area contributed by atoms with Crippen LogP contribution in [-0.2, 0) is 48.0 Å². The van der Waals surface area contributed by atoms with E-state index in [4.69, 9.17) is 26.3 Å². The van der Waals surface area contributed by atoms with E-state index in [0.29, 0.717) is 43.3 Å². The van der Waals surface area contributed by atoms with Crippen LogP contribution in [0.5, 0.6) is 0 Å². The van der Waals surface area contributed by atoms with Gasteiger partial charge in [-0.3, -0.25) is 38.8 Å². The molecule has 0 aliphatic carbocycles. The molecule has 412 valence electrons. The maximum Gasteiger partial charge on any atom is 0.316 e. The number of nitrogens with two attached hydrogens (primary N) is 1. The summed E-state index contributed by atoms with van der Waals surface area (Å²) in [6.07, 6.45) is 1.91. The van der Waals surface area contributed by atoms with Crippen molar-refractivity contribution in [3.63, 3.8) is 0 Å². The number of aliphatic carboxylic acids is 3. The standard InChI is InChI=1S/C19H19FN2O3S.C19H18FNO3S.C8H11N.C7H5FO.C4H6O4S/c20-15-9-5-4-8-14(15)19-22(11-10-13-6-2-1-3-7-13)18(24)16(26-19)12-17(23)21-25;20-15-9-5-4-8-14(15)19-21(11-10-13-6-2-1-3-7-13)18(24)16(25-19)12-17(22)23;9-7-6-8-4-2-1-3-5-8;8-7-4-2-1-3-6(7)5-9;5-3(6)1-2(9)4(7)8/h1-9,16,19,25H,10-12H2,(H,21,23);1-9,16,19H,10-12H2,(H,22,23);1-5H,6-7,9H2;1-5H;2,9H,1H2,(H,5,6)(H,7,8). The molecule has 0 saturated carbocycles. The number of hydroxylamine groups is 1. The zero-order valence-corrected chi connectivity index (χ0v) is 44.5. The van der Waals surface area contributed by atoms with Crippen molar-refractivity contribution in [2.75, 3.05) is 19.6 Å². The Hall–Kier alpha value is -7.43. The monoisotopic (exact) mass is 1130 g/mol. The number of thiol groups is 1. The third-order valence-electron chi connectivity index (χ3n) is 11.4. The molecule has 2 aliphatic rings. The summed E-state index contributed by atoms with van der Waals surface area (Å²) in [6.45, 7) is 1.58. The van der Waals surface area contributed by atoms with Gasteiger partial charge < -0.3 is 30.9 Å². The van der Waals surface area contributed by atoms with Gasteiger partial charge in [-0.15, -0.1) is 23.5 Å². The number of nitrogens with one attached hydrogen (secondary N) is 1. The number of hydrogen-bond acceptors (Lipinski definition) is 12. The van der Waals surface area contributed by atoms with Gasteiger partial charge in [-0.05, 0) is 66.8 Å². The van der Waals surface area contributed by atoms with Crippen LogP contribution in [-0.4, -0.2) is 108 Å². The van der Waals surface area contributed by atoms with E-state index in [1.54, 1.807) is 63.8 Å². The molecular weight excluding hydrogens is 1070 g/mol. The minimum Gasteiger partial charge on any atom is -0.481 e. The molecule has 2 fully saturated rings. The number of carbonyl (C=O) groups is 7. The van der Waals surface area contributed by atoms with Crippen molar-refractivity contribution in [1.82, 2.24) is 15.3 Å². The van der Waals surface area contributed by atoms with Crippen LogP contribution in [0.15, 0.2) is 164 Å². The van der Waals surface area contributed by atoms with Crippen LogP contribution in [0.1, 0.15) is 68.2 Å². The minimum atomic E-state index is -1.21. The highest BCUT2D eigenvalue weighted by Gasteiger charge is 2.44. The van der Waals surface area contributed by atoms with Gasteiger partial charge in [0.1, 0.15) is 33.4 Å². The number of amides is 3. The largest absolute Gasteiger partial charge is 0.481 e. The second kappa shape index (κ2) is 33.7. The van der Waals surface area contributed by atoms with Crippen molar-refractivity contribution in [3.05, 3.63) is 215 Å². The predicted molar refractivity (Wildman–Crippen MR) is 295 cm³/mol. The highest BCUT2D eigenvalue weighted by atomic mass is 32.2. The third kappa shape index (κ3) is 20.8. The molecule has 0 radical (unpaired) electrons. The number of carboxylic acids is 3. The first-order valence-corrected chi connectivity index (χ1v) is 26.6. The molecule has 6 aromatic rings. The van der Waals surface area contributed by atoms with E-state index in [1.807, 2.05) is 78.9 Å². The first-order valence-electron chi connectivity index (χ1n) is 24.2. The number of benzene rings is 6. The van der Waals surface area contributed by atoms with Crippen LogP contribution in [0.3, 0.4) is 0 Å². The molecular formula is C57H59F3N4O11S3. The molecule has 2 saturated heterocycles. The van der Waals surface area contributed by atoms with Crippen molar-refractivity contribution >= 4 is 78.1 Å². The van der Waals surface area contributed by atoms with Gasteiger partial charge in [0.25, 0.3) is 0 Å². The van der Waals surface area contributed by atoms with Gasteiger partial charge in [-0.1, -0.05) is 140 Å². The maximum atomic E-state index is 14.3. The van der Waals surface area contributed by atoms with E-state index in [2.05, 4.69) is 24.8 Å². The number of hydrogen-bond donors (Lipinski definition) is 7. The van der Waals surface area contributed by atoms with Crippen molar-refractivity contribution in [2.24, 2.45) is 5.73 Å². The third-order valence-corrected chi connectivity index (χ3v) is 14.7. The molecule has 78 heavy (non-hydrogen) atoms. The summed E-state index contributed by atoms with van der Waals surface area (Å²) in [5.74, 6) is -5.70. The van der Waals surface area contributed by atoms with E-state index in [-0.39, 0.29) is 41.9 Å². The lowest BCUT2D eigenvalue weighted by Crippen LogP contribution is -2.35. The Kier molecular flexibility index (Phi) is 27.2. The quantitative estimate of drug-likeness (QED) is 0.0184. The van der Waals surface area contributed by atoms with Crippen LogP contribution < -0.4 is 11.2 Å². The number of carboxylic acid groups (broad SMARTS) is 3. The fourth-order valence-electron chi connectivity index (χ4n) is 7.53. The van der Waals surface area contributed by atoms with Gasteiger partial charge >= 0.3 is 17.9 Å². The Morgan fingerprint density at radius 1 is 0.577 bits per heavy atom. The van der Waals surface area contributed by atoms with E-state index < -0.39 is 62.6 Å². The molecule has 5 unspecified atom stereocenters. The first kappa shape index (κ1) is 63.1. The molecule has 8 rings (SSSR count). The van der Waals surface area contributed by atoms with Crippen LogP contribution in [0, 0.1) is 17.5 Å². The van der Waals surface area contributed by atoms with Gasteiger partial charge in [0, 0.05) is 30.6 Å². The van der Waals surface area contributed by atoms with Crippen LogP contribution in [0.25, 0.3) is 0 Å². The minimum absolute atomic E-state index is 0.109. The Bertz CT molecular complexity index is 2880. The lowest BCUT2D eigenvalue weighted by Gasteiger charge is -2.24. The SMILES string of the molecule is NCCc1ccccc1.O=C(CC1SC(c2ccccc2F)N(CCc2ccccc2)C1=O)NO.O=C(O)CC(S)C(=O)O.O=C(O)CC1SC(c2ccccc2F)N(CCc2ccccc2)C1=O.O=Cc1ccccc1F. The average Bonchev–Trinajstić information content (AvgIpc) is 3.99. The molecule has 6 aromatic carbocycles. The molecule has 21 heteroatoms. The lowest BCUT2D eigenvalue weighted by molar-refractivity contribution is -0.142. The van der Waals surface area contributed by atoms with E-state index >= 15 is 0 Å². The smallest absolute Gasteiger partial charge is 0.316 e. The Labute approximate surface area is 463 Å². The van der Waals surface area contributed by atoms with Crippen LogP contribution in [0.2, 0.25) is 0 Å². The molecule has 7 N–H and O–H groups in total. The van der Waals surface area contributed by atoms with Crippen LogP contribution in [0.4, 0.5) is 13.2 Å². The second-order valence-corrected chi connectivity index (χ2v) is 20.2. The Morgan fingerprint density at radius 2 is 0.962 bits per heavy atom. The summed E-state index contributed by atoms with van der Waals surface area (Å²) in [5, 5.41) is 30.5. The average molecular weight is 1130 g/mol. The second-order valence-electron chi connectivity index (χ2n) is 17.0. The van der Waals surface area contributed by atoms with Gasteiger partial charge in [-0.25, -0.2) is 18.7 Å². The van der Waals surface area contributed by atoms with E-state index in [9.17, 15) is 46.7 Å². The number of aldehydes is 1. The van der Waals surface area contributed by atoms with Gasteiger partial charge in [0.05, 0.1) is 28.9 Å². The molecule has 2 aliphatic heterocycles. The number of thioether (sulfide) groups is 2. The highest BCUT2D eigenvalue weighted by molar-refractivity contribution is 8.01. The summed E-state index contributed by atoms with van der Waals surface area (Å²) >= 11 is 5.93. The van der Waals surface area contributed by atoms with Gasteiger partial charge in [0.15, 0.2) is 6.29 Å². The normalized spacial score (nSPS) is 16.5. The van der Waals surface area contributed by atoms with Gasteiger partial charge in [0.2, 0.25) is 17.7 Å². The number of halogens is 3. The van der Waals surface area contributed by atoms with E-state index in [1.165, 1.54) is 53.4 Å². The highest BCUT2D eigenvalue weighted by Crippen LogP contribution is 2.46. The summed E-state index contributed by atoms with van der Waals surface area (Å²) in [5.41, 5.74) is 11.3. The summed E-state index contributed by atoms with van der Waals surface area (Å²) in [6, 6.07) is 48.3. The molecule has 3 amide bonds. The molecule has 2 heterocycles. The molecule has 0 aromatic heterocycles. The van der Waals surface area contributed by atoms with Crippen molar-refractivity contribution in [1.29, 1.82) is 0 Å². The fourth-order valence-corrected chi connectivity index (χ4v) is 10.7. The summed E-state index contributed by atoms with van der Waals surface area (Å²) < 4.78 is 40.9. The number of nitrogens with zero attached hydrogens (tertiary/aromatic N) is 2. The lowest BCUT2D eigenvalue weighted by atomic mass is 10.1. The summed E-state index contributed by atoms with van der Waals surface area (Å²) in [4.78, 5) is 80.9. The molecule has 0 bridgehead atoms. The zero-order valence-electron chi connectivity index (χ0n) is 41.9. The first-order chi connectivity index (χ1) is 37.5. The molecule has 0 spiro atoms. The van der Waals surface area contributed by atoms with E-state index in [0.717, 1.165) is 24.1 Å². The zero-order chi connectivity index (χ0) is 57.0. The van der Waals surface area contributed by atoms with Crippen LogP contribution >= 0.6 is 36.2 Å². The van der Waals surface area contributed by atoms with Gasteiger partial charge in [-0.2, -0.15) is 12.6 Å². The Morgan fingerprint density at radius 3 is 1.29 bits per heavy atom. The number of carbonyl (C=O) groups excluding carboxylic acids is 4. The Balaban J connectivity index is 0.000000231. The van der Waals surface area contributed by atoms with Crippen molar-refractivity contribution in [2.45, 2.75) is 65.0 Å². The molecule has 5 atom stereocenters. The summed E-state index contributed by atoms with van der Waals surface area (Å²) in [7, 11) is 0. The number of rotatable bonds is 18. The molecule has 15 nitrogen and oxygen atoms in total. The fraction of sp³-hybridized carbons (Fsp3) is 0.246. The predicted octanol–water partition coefficient (Wildman–Crippen LogP) is 9.06.